The van der Waals surface area contributed by atoms with E-state index in [0.29, 0.717) is 12.4 Å². The number of methoxy groups -OCH3 is 1. The zero-order valence-electron chi connectivity index (χ0n) is 16.2. The molecule has 152 valence electrons. The predicted octanol–water partition coefficient (Wildman–Crippen LogP) is 1.11. The summed E-state index contributed by atoms with van der Waals surface area (Å²) in [6.07, 6.45) is 0. The zero-order valence-corrected chi connectivity index (χ0v) is 16.2. The predicted molar refractivity (Wildman–Crippen MR) is 98.8 cm³/mol. The maximum absolute atomic E-state index is 12.5. The summed E-state index contributed by atoms with van der Waals surface area (Å²) in [5.41, 5.74) is 0. The molecule has 0 aliphatic heterocycles. The van der Waals surface area contributed by atoms with E-state index in [1.54, 1.807) is 31.2 Å². The molecule has 0 aliphatic carbocycles. The van der Waals surface area contributed by atoms with Gasteiger partial charge in [0.05, 0.1) is 39.5 Å². The Kier molecular flexibility index (Phi) is 10.9. The quantitative estimate of drug-likeness (QED) is 0.403. The fourth-order valence-electron chi connectivity index (χ4n) is 2.30. The van der Waals surface area contributed by atoms with Crippen LogP contribution in [0.1, 0.15) is 13.8 Å². The topological polar surface area (TPSA) is 94.5 Å². The van der Waals surface area contributed by atoms with Crippen molar-refractivity contribution in [3.05, 3.63) is 24.3 Å². The van der Waals surface area contributed by atoms with Crippen LogP contribution in [0, 0.1) is 5.92 Å². The summed E-state index contributed by atoms with van der Waals surface area (Å²) in [7, 11) is 1.31. The number of rotatable bonds is 13. The Bertz CT molecular complexity index is 562. The molecule has 0 radical (unpaired) electrons. The smallest absolute Gasteiger partial charge is 0.310 e. The highest BCUT2D eigenvalue weighted by molar-refractivity contribution is 5.79. The van der Waals surface area contributed by atoms with E-state index in [9.17, 15) is 9.59 Å². The second-order valence-corrected chi connectivity index (χ2v) is 5.79. The van der Waals surface area contributed by atoms with Crippen LogP contribution >= 0.6 is 0 Å². The Morgan fingerprint density at radius 2 is 1.74 bits per heavy atom. The molecule has 1 aromatic rings. The molecule has 8 heteroatoms. The summed E-state index contributed by atoms with van der Waals surface area (Å²) in [5.74, 6) is 0.140. The third kappa shape index (κ3) is 8.74. The molecule has 8 nitrogen and oxygen atoms in total. The Morgan fingerprint density at radius 3 is 2.30 bits per heavy atom. The average molecular weight is 383 g/mol. The van der Waals surface area contributed by atoms with Gasteiger partial charge in [-0.1, -0.05) is 6.92 Å². The number of amides is 1. The monoisotopic (exact) mass is 383 g/mol. The summed E-state index contributed by atoms with van der Waals surface area (Å²) in [6, 6.07) is 6.99. The molecule has 27 heavy (non-hydrogen) atoms. The van der Waals surface area contributed by atoms with E-state index in [-0.39, 0.29) is 45.4 Å². The molecule has 0 heterocycles. The molecule has 1 amide bonds. The molecule has 1 rings (SSSR count). The lowest BCUT2D eigenvalue weighted by Gasteiger charge is -2.25. The first-order valence-electron chi connectivity index (χ1n) is 8.91. The molecule has 0 saturated carbocycles. The number of aliphatic hydroxyl groups excluding tert-OH is 1. The maximum atomic E-state index is 12.5. The molecule has 1 unspecified atom stereocenters. The first-order valence-corrected chi connectivity index (χ1v) is 8.91. The first-order chi connectivity index (χ1) is 13.0. The molecule has 0 fully saturated rings. The highest BCUT2D eigenvalue weighted by Crippen LogP contribution is 2.17. The van der Waals surface area contributed by atoms with Crippen LogP contribution in [-0.4, -0.2) is 75.1 Å². The van der Waals surface area contributed by atoms with Gasteiger partial charge in [-0.2, -0.15) is 0 Å². The van der Waals surface area contributed by atoms with Crippen molar-refractivity contribution in [3.8, 4) is 11.5 Å². The van der Waals surface area contributed by atoms with Gasteiger partial charge in [0.15, 0.2) is 6.61 Å². The van der Waals surface area contributed by atoms with Gasteiger partial charge in [-0.25, -0.2) is 0 Å². The molecule has 0 spiro atoms. The van der Waals surface area contributed by atoms with Gasteiger partial charge < -0.3 is 29.0 Å². The molecule has 0 bridgehead atoms. The number of ether oxygens (including phenoxy) is 4. The second kappa shape index (κ2) is 12.9. The standard InChI is InChI=1S/C19H29NO7/c1-4-26-16-5-7-17(8-6-16)27-14-18(22)20(9-11-25-12-10-21)13-15(2)19(23)24-3/h5-8,15,21H,4,9-14H2,1-3H3. The van der Waals surface area contributed by atoms with Crippen molar-refractivity contribution in [1.29, 1.82) is 0 Å². The highest BCUT2D eigenvalue weighted by Gasteiger charge is 2.21. The number of hydrogen-bond donors (Lipinski definition) is 1. The van der Waals surface area contributed by atoms with E-state index in [1.807, 2.05) is 6.92 Å². The van der Waals surface area contributed by atoms with E-state index < -0.39 is 11.9 Å². The molecule has 1 N–H and O–H groups in total. The SMILES string of the molecule is CCOc1ccc(OCC(=O)N(CCOCCO)CC(C)C(=O)OC)cc1. The number of nitrogens with zero attached hydrogens (tertiary/aromatic N) is 1. The minimum absolute atomic E-state index is 0.0899. The molecule has 0 aliphatic rings. The minimum Gasteiger partial charge on any atom is -0.494 e. The van der Waals surface area contributed by atoms with Crippen molar-refractivity contribution >= 4 is 11.9 Å². The first kappa shape index (κ1) is 22.7. The fourth-order valence-corrected chi connectivity index (χ4v) is 2.30. The van der Waals surface area contributed by atoms with Gasteiger partial charge in [0.2, 0.25) is 0 Å². The van der Waals surface area contributed by atoms with Crippen LogP contribution in [0.15, 0.2) is 24.3 Å². The van der Waals surface area contributed by atoms with E-state index in [1.165, 1.54) is 12.0 Å². The number of benzene rings is 1. The molecule has 1 aromatic carbocycles. The van der Waals surface area contributed by atoms with E-state index in [0.717, 1.165) is 5.75 Å². The summed E-state index contributed by atoms with van der Waals surface area (Å²) in [5, 5.41) is 8.76. The van der Waals surface area contributed by atoms with Crippen molar-refractivity contribution in [3.63, 3.8) is 0 Å². The number of hydrogen-bond acceptors (Lipinski definition) is 7. The van der Waals surface area contributed by atoms with Gasteiger partial charge in [-0.3, -0.25) is 9.59 Å². The normalized spacial score (nSPS) is 11.6. The third-order valence-electron chi connectivity index (χ3n) is 3.69. The van der Waals surface area contributed by atoms with Gasteiger partial charge >= 0.3 is 5.97 Å². The van der Waals surface area contributed by atoms with Crippen molar-refractivity contribution in [2.24, 2.45) is 5.92 Å². The molecule has 0 saturated heterocycles. The summed E-state index contributed by atoms with van der Waals surface area (Å²) < 4.78 is 20.8. The number of carbonyl (C=O) groups is 2. The molecule has 0 aromatic heterocycles. The van der Waals surface area contributed by atoms with Gasteiger partial charge in [0.1, 0.15) is 11.5 Å². The summed E-state index contributed by atoms with van der Waals surface area (Å²) in [6.45, 7) is 4.83. The highest BCUT2D eigenvalue weighted by atomic mass is 16.5. The van der Waals surface area contributed by atoms with Gasteiger partial charge in [-0.15, -0.1) is 0 Å². The third-order valence-corrected chi connectivity index (χ3v) is 3.69. The fraction of sp³-hybridized carbons (Fsp3) is 0.579. The lowest BCUT2D eigenvalue weighted by atomic mass is 10.1. The van der Waals surface area contributed by atoms with Crippen LogP contribution in [0.25, 0.3) is 0 Å². The van der Waals surface area contributed by atoms with Crippen molar-refractivity contribution in [2.45, 2.75) is 13.8 Å². The molecule has 1 atom stereocenters. The number of aliphatic hydroxyl groups is 1. The lowest BCUT2D eigenvalue weighted by Crippen LogP contribution is -2.41. The number of carbonyl (C=O) groups excluding carboxylic acids is 2. The van der Waals surface area contributed by atoms with Crippen molar-refractivity contribution < 1.29 is 33.6 Å². The van der Waals surface area contributed by atoms with Crippen LogP contribution in [-0.2, 0) is 19.1 Å². The maximum Gasteiger partial charge on any atom is 0.310 e. The van der Waals surface area contributed by atoms with Gasteiger partial charge in [0, 0.05) is 13.1 Å². The van der Waals surface area contributed by atoms with Gasteiger partial charge in [0.25, 0.3) is 5.91 Å². The Morgan fingerprint density at radius 1 is 1.11 bits per heavy atom. The summed E-state index contributed by atoms with van der Waals surface area (Å²) in [4.78, 5) is 25.7. The van der Waals surface area contributed by atoms with Crippen LogP contribution < -0.4 is 9.47 Å². The summed E-state index contributed by atoms with van der Waals surface area (Å²) >= 11 is 0. The van der Waals surface area contributed by atoms with Crippen LogP contribution in [0.2, 0.25) is 0 Å². The Hall–Kier alpha value is -2.32. The van der Waals surface area contributed by atoms with E-state index in [4.69, 9.17) is 24.1 Å². The van der Waals surface area contributed by atoms with Crippen molar-refractivity contribution in [1.82, 2.24) is 4.90 Å². The number of esters is 1. The van der Waals surface area contributed by atoms with E-state index >= 15 is 0 Å². The van der Waals surface area contributed by atoms with Crippen LogP contribution in [0.3, 0.4) is 0 Å². The largest absolute Gasteiger partial charge is 0.494 e. The van der Waals surface area contributed by atoms with E-state index in [2.05, 4.69) is 0 Å². The second-order valence-electron chi connectivity index (χ2n) is 5.79. The zero-order chi connectivity index (χ0) is 20.1. The minimum atomic E-state index is -0.470. The molecular formula is C19H29NO7. The molecular weight excluding hydrogens is 354 g/mol. The Labute approximate surface area is 160 Å². The average Bonchev–Trinajstić information content (AvgIpc) is 2.68. The van der Waals surface area contributed by atoms with Crippen LogP contribution in [0.4, 0.5) is 0 Å². The van der Waals surface area contributed by atoms with Crippen LogP contribution in [0.5, 0.6) is 11.5 Å². The van der Waals surface area contributed by atoms with Crippen molar-refractivity contribution in [2.75, 3.05) is 53.2 Å². The Balaban J connectivity index is 2.60. The van der Waals surface area contributed by atoms with Gasteiger partial charge in [-0.05, 0) is 31.2 Å². The lowest BCUT2D eigenvalue weighted by molar-refractivity contribution is -0.147.